The van der Waals surface area contributed by atoms with Crippen LogP contribution in [0.4, 0.5) is 10.1 Å². The van der Waals surface area contributed by atoms with E-state index in [0.717, 1.165) is 16.6 Å². The Hall–Kier alpha value is -3.09. The molecule has 0 radical (unpaired) electrons. The summed E-state index contributed by atoms with van der Waals surface area (Å²) in [7, 11) is 0. The molecule has 1 aromatic heterocycles. The number of carbonyl (C=O) groups excluding carboxylic acids is 2. The molecule has 140 valence electrons. The van der Waals surface area contributed by atoms with E-state index in [9.17, 15) is 14.0 Å². The molecule has 0 bridgehead atoms. The Morgan fingerprint density at radius 3 is 2.46 bits per heavy atom. The lowest BCUT2D eigenvalue weighted by molar-refractivity contribution is -0.117. The molecule has 0 unspecified atom stereocenters. The van der Waals surface area contributed by atoms with Crippen molar-refractivity contribution in [2.45, 2.75) is 0 Å². The fourth-order valence-corrected chi connectivity index (χ4v) is 2.95. The minimum atomic E-state index is -0.697. The average molecular weight is 417 g/mol. The molecule has 8 heteroatoms. The SMILES string of the molecule is O=C1NN(c2ccc(Cl)c(F)c2)C(=O)C1=Cc1ccc(-c2ccc(Cl)cc2)o1. The number of benzene rings is 2. The number of carbonyl (C=O) groups is 2. The summed E-state index contributed by atoms with van der Waals surface area (Å²) in [4.78, 5) is 24.8. The van der Waals surface area contributed by atoms with E-state index in [1.807, 2.05) is 0 Å². The molecule has 5 nitrogen and oxygen atoms in total. The lowest BCUT2D eigenvalue weighted by Crippen LogP contribution is -2.35. The Morgan fingerprint density at radius 2 is 1.75 bits per heavy atom. The van der Waals surface area contributed by atoms with Crippen molar-refractivity contribution in [2.75, 3.05) is 5.01 Å². The Kier molecular flexibility index (Phi) is 4.66. The second-order valence-corrected chi connectivity index (χ2v) is 6.79. The summed E-state index contributed by atoms with van der Waals surface area (Å²) in [5, 5.41) is 1.48. The predicted molar refractivity (Wildman–Crippen MR) is 104 cm³/mol. The van der Waals surface area contributed by atoms with Crippen LogP contribution in [0.1, 0.15) is 5.76 Å². The van der Waals surface area contributed by atoms with Crippen LogP contribution in [0.2, 0.25) is 10.0 Å². The van der Waals surface area contributed by atoms with Crippen LogP contribution in [0.5, 0.6) is 0 Å². The molecule has 0 saturated carbocycles. The van der Waals surface area contributed by atoms with E-state index in [1.54, 1.807) is 36.4 Å². The average Bonchev–Trinajstić information content (AvgIpc) is 3.25. The summed E-state index contributed by atoms with van der Waals surface area (Å²) in [6.45, 7) is 0. The van der Waals surface area contributed by atoms with E-state index >= 15 is 0 Å². The molecule has 4 rings (SSSR count). The van der Waals surface area contributed by atoms with Crippen LogP contribution < -0.4 is 10.4 Å². The first-order valence-electron chi connectivity index (χ1n) is 8.10. The smallest absolute Gasteiger partial charge is 0.282 e. The first kappa shape index (κ1) is 18.3. The van der Waals surface area contributed by atoms with E-state index in [0.29, 0.717) is 16.5 Å². The number of furan rings is 1. The van der Waals surface area contributed by atoms with Crippen molar-refractivity contribution in [3.63, 3.8) is 0 Å². The maximum absolute atomic E-state index is 13.7. The Bertz CT molecular complexity index is 1120. The van der Waals surface area contributed by atoms with E-state index in [2.05, 4.69) is 5.43 Å². The van der Waals surface area contributed by atoms with Gasteiger partial charge in [0.05, 0.1) is 10.7 Å². The largest absolute Gasteiger partial charge is 0.457 e. The lowest BCUT2D eigenvalue weighted by Gasteiger charge is -2.14. The van der Waals surface area contributed by atoms with Crippen molar-refractivity contribution < 1.29 is 18.4 Å². The summed E-state index contributed by atoms with van der Waals surface area (Å²) in [6, 6.07) is 14.2. The molecule has 3 aromatic rings. The van der Waals surface area contributed by atoms with Crippen LogP contribution in [-0.2, 0) is 9.59 Å². The molecular weight excluding hydrogens is 406 g/mol. The fourth-order valence-electron chi connectivity index (χ4n) is 2.71. The van der Waals surface area contributed by atoms with Crippen molar-refractivity contribution in [3.05, 3.63) is 81.8 Å². The van der Waals surface area contributed by atoms with Gasteiger partial charge in [-0.3, -0.25) is 15.0 Å². The van der Waals surface area contributed by atoms with Crippen molar-refractivity contribution in [3.8, 4) is 11.3 Å². The molecule has 0 spiro atoms. The summed E-state index contributed by atoms with van der Waals surface area (Å²) in [6.07, 6.45) is 1.34. The molecule has 1 aliphatic rings. The zero-order valence-electron chi connectivity index (χ0n) is 14.1. The van der Waals surface area contributed by atoms with Gasteiger partial charge in [0.15, 0.2) is 0 Å². The maximum Gasteiger partial charge on any atom is 0.282 e. The van der Waals surface area contributed by atoms with Gasteiger partial charge in [0.2, 0.25) is 0 Å². The molecule has 0 atom stereocenters. The van der Waals surface area contributed by atoms with Gasteiger partial charge in [-0.25, -0.2) is 9.40 Å². The summed E-state index contributed by atoms with van der Waals surface area (Å²) in [5.41, 5.74) is 3.22. The number of nitrogens with one attached hydrogen (secondary N) is 1. The monoisotopic (exact) mass is 416 g/mol. The first-order valence-corrected chi connectivity index (χ1v) is 8.86. The lowest BCUT2D eigenvalue weighted by atomic mass is 10.2. The van der Waals surface area contributed by atoms with Gasteiger partial charge in [-0.1, -0.05) is 23.2 Å². The highest BCUT2D eigenvalue weighted by Gasteiger charge is 2.35. The third-order valence-corrected chi connectivity index (χ3v) is 4.65. The second kappa shape index (κ2) is 7.14. The number of rotatable bonds is 3. The second-order valence-electron chi connectivity index (χ2n) is 5.95. The molecule has 1 N–H and O–H groups in total. The number of amides is 2. The molecule has 2 amide bonds. The van der Waals surface area contributed by atoms with Gasteiger partial charge >= 0.3 is 0 Å². The van der Waals surface area contributed by atoms with Crippen LogP contribution in [0.25, 0.3) is 17.4 Å². The number of halogens is 3. The molecule has 2 aromatic carbocycles. The molecule has 2 heterocycles. The van der Waals surface area contributed by atoms with E-state index in [1.165, 1.54) is 18.2 Å². The molecular formula is C20H11Cl2FN2O3. The summed E-state index contributed by atoms with van der Waals surface area (Å²) < 4.78 is 19.4. The van der Waals surface area contributed by atoms with Crippen LogP contribution >= 0.6 is 23.2 Å². The summed E-state index contributed by atoms with van der Waals surface area (Å²) >= 11 is 11.5. The Morgan fingerprint density at radius 1 is 1.00 bits per heavy atom. The highest BCUT2D eigenvalue weighted by Crippen LogP contribution is 2.28. The quantitative estimate of drug-likeness (QED) is 0.490. The van der Waals surface area contributed by atoms with Gasteiger partial charge in [0.25, 0.3) is 11.8 Å². The van der Waals surface area contributed by atoms with Crippen LogP contribution in [0, 0.1) is 5.82 Å². The van der Waals surface area contributed by atoms with Crippen molar-refractivity contribution in [1.29, 1.82) is 0 Å². The van der Waals surface area contributed by atoms with E-state index in [4.69, 9.17) is 27.6 Å². The predicted octanol–water partition coefficient (Wildman–Crippen LogP) is 4.85. The number of hydrogen-bond acceptors (Lipinski definition) is 3. The van der Waals surface area contributed by atoms with Crippen LogP contribution in [0.15, 0.2) is 64.6 Å². The number of anilines is 1. The molecule has 1 aliphatic heterocycles. The van der Waals surface area contributed by atoms with Gasteiger partial charge in [-0.05, 0) is 54.6 Å². The number of hydrazine groups is 1. The highest BCUT2D eigenvalue weighted by atomic mass is 35.5. The topological polar surface area (TPSA) is 62.6 Å². The minimum Gasteiger partial charge on any atom is -0.457 e. The number of hydrogen-bond donors (Lipinski definition) is 1. The Balaban J connectivity index is 1.61. The fraction of sp³-hybridized carbons (Fsp3) is 0. The van der Waals surface area contributed by atoms with Gasteiger partial charge in [0, 0.05) is 16.7 Å². The van der Waals surface area contributed by atoms with Gasteiger partial charge in [-0.2, -0.15) is 0 Å². The van der Waals surface area contributed by atoms with Crippen molar-refractivity contribution in [2.24, 2.45) is 0 Å². The third kappa shape index (κ3) is 3.40. The van der Waals surface area contributed by atoms with Crippen molar-refractivity contribution >= 4 is 46.8 Å². The minimum absolute atomic E-state index is 0.0807. The molecule has 1 fully saturated rings. The first-order chi connectivity index (χ1) is 13.4. The molecule has 0 aliphatic carbocycles. The van der Waals surface area contributed by atoms with Gasteiger partial charge < -0.3 is 4.42 Å². The summed E-state index contributed by atoms with van der Waals surface area (Å²) in [5.74, 6) is -1.06. The molecule has 28 heavy (non-hydrogen) atoms. The van der Waals surface area contributed by atoms with Gasteiger partial charge in [0.1, 0.15) is 22.9 Å². The zero-order valence-corrected chi connectivity index (χ0v) is 15.6. The van der Waals surface area contributed by atoms with Crippen LogP contribution in [0.3, 0.4) is 0 Å². The zero-order chi connectivity index (χ0) is 19.8. The maximum atomic E-state index is 13.7. The standard InChI is InChI=1S/C20H11Cl2FN2O3/c21-12-3-1-11(2-4-12)18-8-6-14(28-18)10-15-19(26)24-25(20(15)27)13-5-7-16(22)17(23)9-13/h1-10H,(H,24,26). The Labute approximate surface area is 168 Å². The third-order valence-electron chi connectivity index (χ3n) is 4.09. The van der Waals surface area contributed by atoms with E-state index < -0.39 is 17.6 Å². The van der Waals surface area contributed by atoms with Crippen LogP contribution in [-0.4, -0.2) is 11.8 Å². The normalized spacial score (nSPS) is 15.4. The van der Waals surface area contributed by atoms with Gasteiger partial charge in [-0.15, -0.1) is 0 Å². The number of nitrogens with zero attached hydrogens (tertiary/aromatic N) is 1. The van der Waals surface area contributed by atoms with E-state index in [-0.39, 0.29) is 16.3 Å². The highest BCUT2D eigenvalue weighted by molar-refractivity contribution is 6.32. The van der Waals surface area contributed by atoms with Crippen molar-refractivity contribution in [1.82, 2.24) is 5.43 Å². The molecule has 1 saturated heterocycles.